The number of halogens is 1. The first-order chi connectivity index (χ1) is 18.1. The minimum absolute atomic E-state index is 0.0419. The Morgan fingerprint density at radius 3 is 2.26 bits per heavy atom. The van der Waals surface area contributed by atoms with Crippen molar-refractivity contribution in [2.75, 3.05) is 33.7 Å². The van der Waals surface area contributed by atoms with E-state index in [0.29, 0.717) is 56.9 Å². The molecule has 0 unspecified atom stereocenters. The molecule has 1 saturated heterocycles. The highest BCUT2D eigenvalue weighted by molar-refractivity contribution is 7.86. The molecule has 1 aliphatic heterocycles. The van der Waals surface area contributed by atoms with E-state index in [1.165, 1.54) is 22.7 Å². The zero-order valence-electron chi connectivity index (χ0n) is 22.3. The van der Waals surface area contributed by atoms with Crippen molar-refractivity contribution in [3.8, 4) is 0 Å². The Kier molecular flexibility index (Phi) is 8.92. The van der Waals surface area contributed by atoms with Gasteiger partial charge in [0.2, 0.25) is 5.91 Å². The Morgan fingerprint density at radius 1 is 1.03 bits per heavy atom. The third-order valence-corrected chi connectivity index (χ3v) is 9.62. The van der Waals surface area contributed by atoms with Crippen LogP contribution in [0.5, 0.6) is 0 Å². The predicted molar refractivity (Wildman–Crippen MR) is 150 cm³/mol. The number of aryl methyl sites for hydroxylation is 1. The molecule has 8 nitrogen and oxygen atoms in total. The molecule has 0 N–H and O–H groups in total. The van der Waals surface area contributed by atoms with Crippen LogP contribution in [-0.4, -0.2) is 71.1 Å². The molecule has 0 spiro atoms. The van der Waals surface area contributed by atoms with Gasteiger partial charge in [0, 0.05) is 58.2 Å². The number of imidazole rings is 1. The third kappa shape index (κ3) is 6.46. The summed E-state index contributed by atoms with van der Waals surface area (Å²) in [4.78, 5) is 20.9. The van der Waals surface area contributed by atoms with Crippen LogP contribution in [0, 0.1) is 5.41 Å². The Labute approximate surface area is 231 Å². The van der Waals surface area contributed by atoms with Gasteiger partial charge < -0.3 is 9.47 Å². The number of rotatable bonds is 10. The van der Waals surface area contributed by atoms with Crippen LogP contribution in [0.3, 0.4) is 0 Å². The lowest BCUT2D eigenvalue weighted by molar-refractivity contribution is -0.145. The van der Waals surface area contributed by atoms with Gasteiger partial charge in [-0.15, -0.1) is 0 Å². The lowest BCUT2D eigenvalue weighted by Crippen LogP contribution is -2.54. The van der Waals surface area contributed by atoms with Gasteiger partial charge in [-0.2, -0.15) is 17.0 Å². The summed E-state index contributed by atoms with van der Waals surface area (Å²) in [7, 11) is 1.46. The highest BCUT2D eigenvalue weighted by atomic mass is 35.5. The highest BCUT2D eigenvalue weighted by Crippen LogP contribution is 2.38. The number of aromatic nitrogens is 2. The van der Waals surface area contributed by atoms with E-state index >= 15 is 0 Å². The molecule has 1 aliphatic rings. The smallest absolute Gasteiger partial charge is 0.281 e. The van der Waals surface area contributed by atoms with Crippen LogP contribution in [0.4, 0.5) is 0 Å². The molecule has 0 saturated carbocycles. The van der Waals surface area contributed by atoms with E-state index in [9.17, 15) is 13.2 Å². The van der Waals surface area contributed by atoms with E-state index in [-0.39, 0.29) is 5.91 Å². The standard InChI is InChI=1S/C28H36ClN5O3S/c1-31(2)38(36,37)34-18-14-28(15-19-34,21-24-7-5-4-6-8-24)27(35)33(22-26-30-16-20-32(26)3)17-13-23-9-11-25(29)12-10-23/h4-12,16,20H,13-15,17-19,21-22H2,1-3H3. The number of carbonyl (C=O) groups is 1. The molecule has 4 rings (SSSR count). The summed E-state index contributed by atoms with van der Waals surface area (Å²) >= 11 is 6.07. The molecule has 0 aliphatic carbocycles. The van der Waals surface area contributed by atoms with Crippen LogP contribution < -0.4 is 0 Å². The number of amides is 1. The Hall–Kier alpha value is -2.72. The van der Waals surface area contributed by atoms with Gasteiger partial charge in [-0.1, -0.05) is 54.1 Å². The van der Waals surface area contributed by atoms with Crippen molar-refractivity contribution in [1.82, 2.24) is 23.1 Å². The number of benzene rings is 2. The highest BCUT2D eigenvalue weighted by Gasteiger charge is 2.46. The van der Waals surface area contributed by atoms with Crippen LogP contribution in [0.2, 0.25) is 5.02 Å². The van der Waals surface area contributed by atoms with Crippen LogP contribution >= 0.6 is 11.6 Å². The molecule has 1 amide bonds. The summed E-state index contributed by atoms with van der Waals surface area (Å²) < 4.78 is 30.3. The average Bonchev–Trinajstić information content (AvgIpc) is 3.32. The molecule has 2 aromatic carbocycles. The molecule has 10 heteroatoms. The van der Waals surface area contributed by atoms with Gasteiger partial charge in [0.1, 0.15) is 5.82 Å². The van der Waals surface area contributed by atoms with Gasteiger partial charge in [-0.25, -0.2) is 4.98 Å². The number of piperidine rings is 1. The zero-order valence-corrected chi connectivity index (χ0v) is 23.8. The molecule has 3 aromatic rings. The fraction of sp³-hybridized carbons (Fsp3) is 0.429. The topological polar surface area (TPSA) is 78.8 Å². The first-order valence-electron chi connectivity index (χ1n) is 12.8. The number of nitrogens with zero attached hydrogens (tertiary/aromatic N) is 5. The van der Waals surface area contributed by atoms with Gasteiger partial charge in [0.15, 0.2) is 0 Å². The summed E-state index contributed by atoms with van der Waals surface area (Å²) in [6, 6.07) is 17.7. The zero-order chi connectivity index (χ0) is 27.3. The summed E-state index contributed by atoms with van der Waals surface area (Å²) in [5.41, 5.74) is 1.45. The van der Waals surface area contributed by atoms with Crippen molar-refractivity contribution in [2.24, 2.45) is 12.5 Å². The minimum Gasteiger partial charge on any atom is -0.337 e. The predicted octanol–water partition coefficient (Wildman–Crippen LogP) is 3.78. The summed E-state index contributed by atoms with van der Waals surface area (Å²) in [6.07, 6.45) is 5.75. The lowest BCUT2D eigenvalue weighted by Gasteiger charge is -2.43. The van der Waals surface area contributed by atoms with Crippen molar-refractivity contribution in [1.29, 1.82) is 0 Å². The van der Waals surface area contributed by atoms with E-state index in [4.69, 9.17) is 11.6 Å². The molecule has 0 atom stereocenters. The van der Waals surface area contributed by atoms with Gasteiger partial charge in [0.05, 0.1) is 12.0 Å². The van der Waals surface area contributed by atoms with Crippen LogP contribution in [0.1, 0.15) is 29.8 Å². The first-order valence-corrected chi connectivity index (χ1v) is 14.6. The third-order valence-electron chi connectivity index (χ3n) is 7.43. The lowest BCUT2D eigenvalue weighted by atomic mass is 9.73. The Morgan fingerprint density at radius 2 is 1.68 bits per heavy atom. The maximum atomic E-state index is 14.5. The fourth-order valence-electron chi connectivity index (χ4n) is 5.05. The molecular weight excluding hydrogens is 522 g/mol. The molecule has 1 fully saturated rings. The molecule has 38 heavy (non-hydrogen) atoms. The second-order valence-corrected chi connectivity index (χ2v) is 12.8. The largest absolute Gasteiger partial charge is 0.337 e. The van der Waals surface area contributed by atoms with E-state index < -0.39 is 15.6 Å². The van der Waals surface area contributed by atoms with Gasteiger partial charge in [-0.05, 0) is 48.9 Å². The molecule has 0 bridgehead atoms. The van der Waals surface area contributed by atoms with Crippen molar-refractivity contribution in [3.05, 3.63) is 89.0 Å². The molecule has 0 radical (unpaired) electrons. The number of hydrogen-bond donors (Lipinski definition) is 0. The van der Waals surface area contributed by atoms with Crippen LogP contribution in [0.15, 0.2) is 67.0 Å². The SMILES string of the molecule is CN(C)S(=O)(=O)N1CCC(Cc2ccccc2)(C(=O)N(CCc2ccc(Cl)cc2)Cc2nccn2C)CC1. The molecular formula is C28H36ClN5O3S. The second kappa shape index (κ2) is 12.0. The van der Waals surface area contributed by atoms with E-state index in [1.807, 2.05) is 77.3 Å². The normalized spacial score (nSPS) is 16.0. The maximum Gasteiger partial charge on any atom is 0.281 e. The monoisotopic (exact) mass is 557 g/mol. The van der Waals surface area contributed by atoms with Crippen molar-refractivity contribution in [2.45, 2.75) is 32.2 Å². The maximum absolute atomic E-state index is 14.5. The van der Waals surface area contributed by atoms with Crippen molar-refractivity contribution in [3.63, 3.8) is 0 Å². The van der Waals surface area contributed by atoms with E-state index in [1.54, 1.807) is 6.20 Å². The van der Waals surface area contributed by atoms with E-state index in [0.717, 1.165) is 17.0 Å². The Bertz CT molecular complexity index is 1320. The van der Waals surface area contributed by atoms with Gasteiger partial charge >= 0.3 is 0 Å². The van der Waals surface area contributed by atoms with Crippen LogP contribution in [-0.2, 0) is 41.4 Å². The second-order valence-electron chi connectivity index (χ2n) is 10.2. The molecule has 2 heterocycles. The number of hydrogen-bond acceptors (Lipinski definition) is 4. The Balaban J connectivity index is 1.63. The van der Waals surface area contributed by atoms with Gasteiger partial charge in [0.25, 0.3) is 10.2 Å². The first kappa shape index (κ1) is 28.3. The average molecular weight is 558 g/mol. The molecule has 204 valence electrons. The summed E-state index contributed by atoms with van der Waals surface area (Å²) in [6.45, 7) is 1.49. The van der Waals surface area contributed by atoms with Gasteiger partial charge in [-0.3, -0.25) is 4.79 Å². The summed E-state index contributed by atoms with van der Waals surface area (Å²) in [5, 5.41) is 0.677. The summed E-state index contributed by atoms with van der Waals surface area (Å²) in [5.74, 6) is 0.845. The molecule has 1 aromatic heterocycles. The van der Waals surface area contributed by atoms with Crippen molar-refractivity contribution < 1.29 is 13.2 Å². The number of carbonyl (C=O) groups excluding carboxylic acids is 1. The minimum atomic E-state index is -3.55. The quantitative estimate of drug-likeness (QED) is 0.380. The van der Waals surface area contributed by atoms with E-state index in [2.05, 4.69) is 4.98 Å². The van der Waals surface area contributed by atoms with Crippen molar-refractivity contribution >= 4 is 27.7 Å². The fourth-order valence-corrected chi connectivity index (χ4v) is 6.28. The van der Waals surface area contributed by atoms with Crippen LogP contribution in [0.25, 0.3) is 0 Å².